The van der Waals surface area contributed by atoms with E-state index >= 15 is 0 Å². The first-order valence-corrected chi connectivity index (χ1v) is 13.0. The van der Waals surface area contributed by atoms with Gasteiger partial charge >= 0.3 is 0 Å². The molecule has 9 heteroatoms. The third-order valence-electron chi connectivity index (χ3n) is 7.69. The second-order valence-corrected chi connectivity index (χ2v) is 11.5. The minimum absolute atomic E-state index is 0.00392. The third-order valence-corrected chi connectivity index (χ3v) is 7.98. The van der Waals surface area contributed by atoms with Gasteiger partial charge in [-0.15, -0.1) is 0 Å². The summed E-state index contributed by atoms with van der Waals surface area (Å²) in [5.41, 5.74) is 4.05. The Morgan fingerprint density at radius 1 is 1.14 bits per heavy atom. The van der Waals surface area contributed by atoms with Crippen molar-refractivity contribution in [2.45, 2.75) is 32.2 Å². The minimum Gasteiger partial charge on any atom is -0.450 e. The van der Waals surface area contributed by atoms with Crippen LogP contribution in [0.3, 0.4) is 0 Å². The van der Waals surface area contributed by atoms with E-state index in [1.807, 2.05) is 0 Å². The summed E-state index contributed by atoms with van der Waals surface area (Å²) < 4.78 is 25.2. The van der Waals surface area contributed by atoms with Gasteiger partial charge in [0.1, 0.15) is 24.6 Å². The van der Waals surface area contributed by atoms with Crippen molar-refractivity contribution in [3.05, 3.63) is 70.9 Å². The summed E-state index contributed by atoms with van der Waals surface area (Å²) in [6, 6.07) is 10.9. The van der Waals surface area contributed by atoms with Crippen molar-refractivity contribution in [3.63, 3.8) is 0 Å². The predicted octanol–water partition coefficient (Wildman–Crippen LogP) is 5.45. The molecule has 3 aliphatic rings. The van der Waals surface area contributed by atoms with Gasteiger partial charge in [-0.3, -0.25) is 4.90 Å². The Bertz CT molecular complexity index is 1310. The lowest BCUT2D eigenvalue weighted by Gasteiger charge is -2.49. The highest BCUT2D eigenvalue weighted by Crippen LogP contribution is 2.45. The van der Waals surface area contributed by atoms with Crippen LogP contribution in [0.5, 0.6) is 11.5 Å². The SMILES string of the molecule is CC1(C)COCNc2cc(CN3CCC4(C3)CN(c3ncncc3Oc3ccc(F)cc3Cl)C4)ccc21. The lowest BCUT2D eigenvalue weighted by Crippen LogP contribution is -2.58. The molecule has 0 amide bonds. The smallest absolute Gasteiger partial charge is 0.188 e. The highest BCUT2D eigenvalue weighted by molar-refractivity contribution is 6.32. The number of hydrogen-bond acceptors (Lipinski definition) is 7. The average molecular weight is 524 g/mol. The van der Waals surface area contributed by atoms with E-state index in [-0.39, 0.29) is 15.9 Å². The van der Waals surface area contributed by atoms with Gasteiger partial charge in [-0.2, -0.15) is 0 Å². The summed E-state index contributed by atoms with van der Waals surface area (Å²) in [5, 5.41) is 3.65. The van der Waals surface area contributed by atoms with E-state index in [1.54, 1.807) is 6.20 Å². The molecule has 2 aromatic carbocycles. The first-order chi connectivity index (χ1) is 17.8. The standard InChI is InChI=1S/C28H31ClFN5O2/c1-27(2)16-36-18-33-23-9-19(3-5-21(23)27)12-34-8-7-28(13-34)14-35(15-28)26-25(11-31-17-32-26)37-24-6-4-20(30)10-22(24)29/h3-6,9-11,17,33H,7-8,12-16,18H2,1-2H3. The maximum atomic E-state index is 13.4. The van der Waals surface area contributed by atoms with Crippen molar-refractivity contribution in [1.29, 1.82) is 0 Å². The second-order valence-electron chi connectivity index (χ2n) is 11.1. The number of aromatic nitrogens is 2. The van der Waals surface area contributed by atoms with Crippen LogP contribution in [0.2, 0.25) is 5.02 Å². The van der Waals surface area contributed by atoms with Crippen LogP contribution in [0.1, 0.15) is 31.4 Å². The molecule has 0 atom stereocenters. The topological polar surface area (TPSA) is 62.8 Å². The highest BCUT2D eigenvalue weighted by atomic mass is 35.5. The predicted molar refractivity (Wildman–Crippen MR) is 142 cm³/mol. The molecule has 37 heavy (non-hydrogen) atoms. The van der Waals surface area contributed by atoms with E-state index in [1.165, 1.54) is 41.3 Å². The van der Waals surface area contributed by atoms with Gasteiger partial charge < -0.3 is 19.7 Å². The summed E-state index contributed by atoms with van der Waals surface area (Å²) in [6.45, 7) is 10.6. The van der Waals surface area contributed by atoms with E-state index in [2.05, 4.69) is 57.1 Å². The van der Waals surface area contributed by atoms with E-state index in [9.17, 15) is 4.39 Å². The van der Waals surface area contributed by atoms with Gasteiger partial charge in [-0.05, 0) is 48.4 Å². The van der Waals surface area contributed by atoms with E-state index in [0.717, 1.165) is 45.0 Å². The number of nitrogens with one attached hydrogen (secondary N) is 1. The summed E-state index contributed by atoms with van der Waals surface area (Å²) in [7, 11) is 0. The lowest BCUT2D eigenvalue weighted by atomic mass is 9.79. The fourth-order valence-corrected chi connectivity index (χ4v) is 6.03. The number of benzene rings is 2. The maximum absolute atomic E-state index is 13.4. The Labute approximate surface area is 221 Å². The maximum Gasteiger partial charge on any atom is 0.188 e. The Hall–Kier alpha value is -2.94. The van der Waals surface area contributed by atoms with Crippen molar-refractivity contribution in [1.82, 2.24) is 14.9 Å². The Balaban J connectivity index is 1.10. The molecular weight excluding hydrogens is 493 g/mol. The molecule has 0 unspecified atom stereocenters. The molecule has 7 nitrogen and oxygen atoms in total. The van der Waals surface area contributed by atoms with E-state index < -0.39 is 5.82 Å². The van der Waals surface area contributed by atoms with Crippen molar-refractivity contribution in [2.75, 3.05) is 49.7 Å². The van der Waals surface area contributed by atoms with Crippen molar-refractivity contribution in [3.8, 4) is 11.5 Å². The van der Waals surface area contributed by atoms with Crippen LogP contribution in [0.15, 0.2) is 48.9 Å². The number of ether oxygens (including phenoxy) is 2. The molecule has 4 heterocycles. The number of rotatable bonds is 5. The minimum atomic E-state index is -0.405. The molecular formula is C28H31ClFN5O2. The van der Waals surface area contributed by atoms with Gasteiger partial charge in [0.2, 0.25) is 0 Å². The molecule has 3 aromatic rings. The summed E-state index contributed by atoms with van der Waals surface area (Å²) >= 11 is 6.17. The normalized spacial score (nSPS) is 20.2. The first-order valence-electron chi connectivity index (χ1n) is 12.7. The molecule has 6 rings (SSSR count). The van der Waals surface area contributed by atoms with Gasteiger partial charge in [-0.1, -0.05) is 37.6 Å². The molecule has 194 valence electrons. The molecule has 3 aliphatic heterocycles. The quantitative estimate of drug-likeness (QED) is 0.477. The zero-order valence-electron chi connectivity index (χ0n) is 21.1. The largest absolute Gasteiger partial charge is 0.450 e. The van der Waals surface area contributed by atoms with Gasteiger partial charge in [0, 0.05) is 42.7 Å². The Morgan fingerprint density at radius 3 is 2.84 bits per heavy atom. The molecule has 1 aromatic heterocycles. The van der Waals surface area contributed by atoms with Crippen LogP contribution in [0, 0.1) is 11.2 Å². The van der Waals surface area contributed by atoms with Crippen LogP contribution < -0.4 is 15.0 Å². The number of halogens is 2. The third kappa shape index (κ3) is 4.85. The van der Waals surface area contributed by atoms with Crippen LogP contribution in [-0.4, -0.2) is 54.4 Å². The van der Waals surface area contributed by atoms with Crippen molar-refractivity contribution >= 4 is 23.1 Å². The highest BCUT2D eigenvalue weighted by Gasteiger charge is 2.48. The molecule has 2 fully saturated rings. The zero-order valence-corrected chi connectivity index (χ0v) is 21.9. The first kappa shape index (κ1) is 24.4. The number of likely N-dealkylation sites (tertiary alicyclic amines) is 1. The van der Waals surface area contributed by atoms with Crippen LogP contribution in [0.25, 0.3) is 0 Å². The van der Waals surface area contributed by atoms with Gasteiger partial charge in [0.25, 0.3) is 0 Å². The fraction of sp³-hybridized carbons (Fsp3) is 0.429. The molecule has 0 bridgehead atoms. The van der Waals surface area contributed by atoms with Gasteiger partial charge in [0.05, 0.1) is 17.8 Å². The fourth-order valence-electron chi connectivity index (χ4n) is 5.83. The Kier molecular flexibility index (Phi) is 6.21. The number of nitrogens with zero attached hydrogens (tertiary/aromatic N) is 4. The second kappa shape index (κ2) is 9.42. The molecule has 0 saturated carbocycles. The molecule has 0 aliphatic carbocycles. The lowest BCUT2D eigenvalue weighted by molar-refractivity contribution is 0.115. The monoisotopic (exact) mass is 523 g/mol. The summed E-state index contributed by atoms with van der Waals surface area (Å²) in [5.74, 6) is 1.23. The van der Waals surface area contributed by atoms with Gasteiger partial charge in [-0.25, -0.2) is 14.4 Å². The van der Waals surface area contributed by atoms with Crippen molar-refractivity contribution < 1.29 is 13.9 Å². The number of fused-ring (bicyclic) bond motifs is 1. The molecule has 2 saturated heterocycles. The number of hydrogen-bond donors (Lipinski definition) is 1. The Morgan fingerprint density at radius 2 is 2.00 bits per heavy atom. The molecule has 0 radical (unpaired) electrons. The average Bonchev–Trinajstić information content (AvgIpc) is 3.20. The van der Waals surface area contributed by atoms with Crippen LogP contribution >= 0.6 is 11.6 Å². The van der Waals surface area contributed by atoms with E-state index in [4.69, 9.17) is 21.1 Å². The molecule has 1 N–H and O–H groups in total. The zero-order chi connectivity index (χ0) is 25.6. The molecule has 1 spiro atoms. The van der Waals surface area contributed by atoms with Crippen LogP contribution in [0.4, 0.5) is 15.9 Å². The van der Waals surface area contributed by atoms with E-state index in [0.29, 0.717) is 24.8 Å². The summed E-state index contributed by atoms with van der Waals surface area (Å²) in [6.07, 6.45) is 4.31. The van der Waals surface area contributed by atoms with Crippen LogP contribution in [-0.2, 0) is 16.7 Å². The number of anilines is 2. The van der Waals surface area contributed by atoms with Gasteiger partial charge in [0.15, 0.2) is 11.6 Å². The van der Waals surface area contributed by atoms with Crippen molar-refractivity contribution in [2.24, 2.45) is 5.41 Å². The summed E-state index contributed by atoms with van der Waals surface area (Å²) in [4.78, 5) is 13.4.